The molecule has 142 valence electrons. The number of amides is 1. The van der Waals surface area contributed by atoms with Gasteiger partial charge in [0.25, 0.3) is 5.91 Å². The van der Waals surface area contributed by atoms with Crippen LogP contribution in [0.15, 0.2) is 64.4 Å². The van der Waals surface area contributed by atoms with E-state index >= 15 is 0 Å². The van der Waals surface area contributed by atoms with E-state index in [1.54, 1.807) is 35.3 Å². The van der Waals surface area contributed by atoms with Gasteiger partial charge >= 0.3 is 0 Å². The quantitative estimate of drug-likeness (QED) is 0.593. The summed E-state index contributed by atoms with van der Waals surface area (Å²) in [5.41, 5.74) is 5.28. The van der Waals surface area contributed by atoms with Crippen molar-refractivity contribution in [1.82, 2.24) is 14.5 Å². The van der Waals surface area contributed by atoms with E-state index in [0.29, 0.717) is 5.76 Å². The van der Waals surface area contributed by atoms with E-state index in [9.17, 15) is 13.2 Å². The van der Waals surface area contributed by atoms with E-state index in [2.05, 4.69) is 9.82 Å². The van der Waals surface area contributed by atoms with Gasteiger partial charge in [0, 0.05) is 18.9 Å². The summed E-state index contributed by atoms with van der Waals surface area (Å²) < 4.78 is 39.9. The molecule has 1 amide bonds. The van der Waals surface area contributed by atoms with Gasteiger partial charge in [-0.1, -0.05) is 0 Å². The number of methoxy groups -OCH3 is 1. The highest BCUT2D eigenvalue weighted by atomic mass is 32.2. The molecule has 2 heterocycles. The predicted octanol–water partition coefficient (Wildman–Crippen LogP) is 1.15. The van der Waals surface area contributed by atoms with Crippen LogP contribution in [0.4, 0.5) is 0 Å². The van der Waals surface area contributed by atoms with E-state index in [4.69, 9.17) is 14.9 Å². The van der Waals surface area contributed by atoms with Crippen molar-refractivity contribution in [3.63, 3.8) is 0 Å². The lowest BCUT2D eigenvalue weighted by Crippen LogP contribution is -2.31. The highest BCUT2D eigenvalue weighted by molar-refractivity contribution is 7.89. The summed E-state index contributed by atoms with van der Waals surface area (Å²) in [5, 5.41) is 4.15. The van der Waals surface area contributed by atoms with Crippen LogP contribution >= 0.6 is 0 Å². The van der Waals surface area contributed by atoms with Crippen molar-refractivity contribution < 1.29 is 22.4 Å². The number of aromatic nitrogens is 2. The van der Waals surface area contributed by atoms with Crippen molar-refractivity contribution in [3.8, 4) is 5.75 Å². The first-order chi connectivity index (χ1) is 12.9. The van der Waals surface area contributed by atoms with Crippen LogP contribution < -0.4 is 15.2 Å². The average Bonchev–Trinajstić information content (AvgIpc) is 3.35. The van der Waals surface area contributed by atoms with Gasteiger partial charge in [-0.25, -0.2) is 13.1 Å². The number of benzene rings is 1. The van der Waals surface area contributed by atoms with Crippen LogP contribution in [-0.4, -0.2) is 37.8 Å². The van der Waals surface area contributed by atoms with Crippen molar-refractivity contribution in [2.24, 2.45) is 5.73 Å². The molecule has 9 nitrogen and oxygen atoms in total. The third-order valence-electron chi connectivity index (χ3n) is 3.93. The van der Waals surface area contributed by atoms with Crippen LogP contribution in [-0.2, 0) is 10.0 Å². The molecule has 3 aromatic rings. The maximum Gasteiger partial charge on any atom is 0.252 e. The second-order valence-electron chi connectivity index (χ2n) is 5.60. The number of carbonyl (C=O) groups is 1. The van der Waals surface area contributed by atoms with Crippen LogP contribution in [0, 0.1) is 0 Å². The normalized spacial score (nSPS) is 12.6. The van der Waals surface area contributed by atoms with Gasteiger partial charge in [-0.2, -0.15) is 5.10 Å². The molecule has 0 aliphatic rings. The largest absolute Gasteiger partial charge is 0.496 e. The molecule has 2 aromatic heterocycles. The Kier molecular flexibility index (Phi) is 5.28. The summed E-state index contributed by atoms with van der Waals surface area (Å²) in [4.78, 5) is 11.4. The van der Waals surface area contributed by atoms with Crippen molar-refractivity contribution in [2.75, 3.05) is 13.7 Å². The second kappa shape index (κ2) is 7.64. The molecule has 0 saturated heterocycles. The number of nitrogens with two attached hydrogens (primary N) is 1. The number of carbonyl (C=O) groups excluding carboxylic acids is 1. The van der Waals surface area contributed by atoms with Gasteiger partial charge in [-0.05, 0) is 36.4 Å². The number of furan rings is 1. The monoisotopic (exact) mass is 390 g/mol. The Hall–Kier alpha value is -3.11. The lowest BCUT2D eigenvalue weighted by Gasteiger charge is -2.17. The fourth-order valence-corrected chi connectivity index (χ4v) is 3.65. The number of primary amides is 1. The number of hydrogen-bond donors (Lipinski definition) is 2. The van der Waals surface area contributed by atoms with Crippen LogP contribution in [0.1, 0.15) is 22.2 Å². The second-order valence-corrected chi connectivity index (χ2v) is 7.36. The van der Waals surface area contributed by atoms with E-state index in [0.717, 1.165) is 0 Å². The number of rotatable bonds is 8. The molecule has 0 saturated carbocycles. The number of sulfonamides is 1. The first-order valence-electron chi connectivity index (χ1n) is 7.92. The molecular weight excluding hydrogens is 372 g/mol. The number of hydrogen-bond acceptors (Lipinski definition) is 6. The molecule has 3 N–H and O–H groups in total. The van der Waals surface area contributed by atoms with E-state index in [-0.39, 0.29) is 22.8 Å². The Balaban J connectivity index is 1.86. The highest BCUT2D eigenvalue weighted by Crippen LogP contribution is 2.23. The minimum atomic E-state index is -3.91. The molecule has 0 fully saturated rings. The minimum absolute atomic E-state index is 0.00450. The van der Waals surface area contributed by atoms with Crippen molar-refractivity contribution in [1.29, 1.82) is 0 Å². The molecule has 0 aliphatic heterocycles. The molecule has 10 heteroatoms. The topological polar surface area (TPSA) is 129 Å². The van der Waals surface area contributed by atoms with Crippen LogP contribution in [0.25, 0.3) is 0 Å². The third kappa shape index (κ3) is 4.01. The maximum absolute atomic E-state index is 12.7. The van der Waals surface area contributed by atoms with Crippen LogP contribution in [0.2, 0.25) is 0 Å². The Morgan fingerprint density at radius 1 is 1.37 bits per heavy atom. The lowest BCUT2D eigenvalue weighted by molar-refractivity contribution is 0.0997. The summed E-state index contributed by atoms with van der Waals surface area (Å²) in [6.07, 6.45) is 4.80. The van der Waals surface area contributed by atoms with Gasteiger partial charge in [0.15, 0.2) is 0 Å². The number of nitrogens with one attached hydrogen (secondary N) is 1. The van der Waals surface area contributed by atoms with Gasteiger partial charge in [0.05, 0.1) is 23.8 Å². The summed E-state index contributed by atoms with van der Waals surface area (Å²) >= 11 is 0. The van der Waals surface area contributed by atoms with Crippen molar-refractivity contribution >= 4 is 15.9 Å². The van der Waals surface area contributed by atoms with Gasteiger partial charge in [-0.3, -0.25) is 9.48 Å². The summed E-state index contributed by atoms with van der Waals surface area (Å²) in [5.74, 6) is -0.0330. The Labute approximate surface area is 155 Å². The third-order valence-corrected chi connectivity index (χ3v) is 5.35. The smallest absolute Gasteiger partial charge is 0.252 e. The van der Waals surface area contributed by atoms with Gasteiger partial charge in [0.2, 0.25) is 10.0 Å². The molecule has 1 aromatic carbocycles. The molecule has 1 atom stereocenters. The molecule has 0 bridgehead atoms. The number of nitrogens with zero attached hydrogens (tertiary/aromatic N) is 2. The minimum Gasteiger partial charge on any atom is -0.496 e. The summed E-state index contributed by atoms with van der Waals surface area (Å²) in [6, 6.07) is 8.60. The van der Waals surface area contributed by atoms with Gasteiger partial charge in [-0.15, -0.1) is 0 Å². The maximum atomic E-state index is 12.7. The lowest BCUT2D eigenvalue weighted by atomic mass is 10.2. The molecule has 3 rings (SSSR count). The SMILES string of the molecule is COc1ccc(S(=O)(=O)NCC(c2ccco2)n2cccn2)cc1C(N)=O. The van der Waals surface area contributed by atoms with Crippen molar-refractivity contribution in [3.05, 3.63) is 66.4 Å². The van der Waals surface area contributed by atoms with E-state index < -0.39 is 22.0 Å². The van der Waals surface area contributed by atoms with Gasteiger partial charge in [0.1, 0.15) is 17.6 Å². The fraction of sp³-hybridized carbons (Fsp3) is 0.176. The Bertz CT molecular complexity index is 980. The zero-order chi connectivity index (χ0) is 19.4. The highest BCUT2D eigenvalue weighted by Gasteiger charge is 2.23. The first-order valence-corrected chi connectivity index (χ1v) is 9.40. The molecular formula is C17H18N4O5S. The van der Waals surface area contributed by atoms with E-state index in [1.165, 1.54) is 31.6 Å². The molecule has 1 unspecified atom stereocenters. The van der Waals surface area contributed by atoms with Crippen LogP contribution in [0.5, 0.6) is 5.75 Å². The zero-order valence-corrected chi connectivity index (χ0v) is 15.2. The Morgan fingerprint density at radius 2 is 2.19 bits per heavy atom. The zero-order valence-electron chi connectivity index (χ0n) is 14.4. The Morgan fingerprint density at radius 3 is 2.78 bits per heavy atom. The van der Waals surface area contributed by atoms with Crippen LogP contribution in [0.3, 0.4) is 0 Å². The fourth-order valence-electron chi connectivity index (χ4n) is 2.59. The van der Waals surface area contributed by atoms with Gasteiger partial charge < -0.3 is 14.9 Å². The molecule has 0 aliphatic carbocycles. The average molecular weight is 390 g/mol. The van der Waals surface area contributed by atoms with E-state index in [1.807, 2.05) is 0 Å². The molecule has 0 spiro atoms. The number of ether oxygens (including phenoxy) is 1. The summed E-state index contributed by atoms with van der Waals surface area (Å²) in [6.45, 7) is -0.00450. The van der Waals surface area contributed by atoms with Crippen molar-refractivity contribution in [2.45, 2.75) is 10.9 Å². The standard InChI is InChI=1S/C17H18N4O5S/c1-25-15-6-5-12(10-13(15)17(18)22)27(23,24)20-11-14(16-4-2-9-26-16)21-8-3-7-19-21/h2-10,14,20H,11H2,1H3,(H2,18,22). The first kappa shape index (κ1) is 18.7. The molecule has 0 radical (unpaired) electrons. The molecule has 27 heavy (non-hydrogen) atoms. The predicted molar refractivity (Wildman–Crippen MR) is 95.8 cm³/mol. The summed E-state index contributed by atoms with van der Waals surface area (Å²) in [7, 11) is -2.55.